The second-order valence-corrected chi connectivity index (χ2v) is 4.04. The Morgan fingerprint density at radius 2 is 1.83 bits per heavy atom. The highest BCUT2D eigenvalue weighted by Crippen LogP contribution is 2.26. The molecule has 2 rings (SSSR count). The largest absolute Gasteiger partial charge is 0.478 e. The minimum atomic E-state index is -1.03. The van der Waals surface area contributed by atoms with Crippen molar-refractivity contribution in [1.29, 1.82) is 0 Å². The summed E-state index contributed by atoms with van der Waals surface area (Å²) in [5.41, 5.74) is 1.22. The smallest absolute Gasteiger partial charge is 0.335 e. The third kappa shape index (κ3) is 2.78. The minimum Gasteiger partial charge on any atom is -0.478 e. The summed E-state index contributed by atoms with van der Waals surface area (Å²) in [6, 6.07) is 10.0. The van der Waals surface area contributed by atoms with Crippen LogP contribution in [-0.2, 0) is 0 Å². The summed E-state index contributed by atoms with van der Waals surface area (Å²) in [5, 5.41) is 12.2. The molecular weight excluding hydrogens is 257 g/mol. The molecule has 0 amide bonds. The van der Waals surface area contributed by atoms with Gasteiger partial charge in [-0.2, -0.15) is 0 Å². The summed E-state index contributed by atoms with van der Waals surface area (Å²) in [5.74, 6) is -1.38. The average Bonchev–Trinajstić information content (AvgIpc) is 2.34. The molecule has 92 valence electrons. The van der Waals surface area contributed by atoms with Crippen molar-refractivity contribution in [3.05, 3.63) is 58.9 Å². The Labute approximate surface area is 108 Å². The van der Waals surface area contributed by atoms with Gasteiger partial charge in [0.05, 0.1) is 16.3 Å². The molecule has 0 heterocycles. The lowest BCUT2D eigenvalue weighted by Crippen LogP contribution is -1.98. The lowest BCUT2D eigenvalue weighted by Gasteiger charge is -2.09. The van der Waals surface area contributed by atoms with Crippen LogP contribution in [0.3, 0.4) is 0 Å². The maximum absolute atomic E-state index is 12.7. The molecule has 0 aromatic heterocycles. The molecule has 0 atom stereocenters. The van der Waals surface area contributed by atoms with E-state index in [1.54, 1.807) is 12.1 Å². The van der Waals surface area contributed by atoms with Gasteiger partial charge in [0.1, 0.15) is 5.82 Å². The van der Waals surface area contributed by atoms with Gasteiger partial charge in [-0.1, -0.05) is 11.6 Å². The number of nitrogens with one attached hydrogen (secondary N) is 1. The molecule has 0 saturated heterocycles. The fourth-order valence-electron chi connectivity index (χ4n) is 1.44. The van der Waals surface area contributed by atoms with Gasteiger partial charge in [-0.25, -0.2) is 9.18 Å². The summed E-state index contributed by atoms with van der Waals surface area (Å²) in [4.78, 5) is 10.8. The normalized spacial score (nSPS) is 10.1. The van der Waals surface area contributed by atoms with Crippen molar-refractivity contribution in [1.82, 2.24) is 0 Å². The van der Waals surface area contributed by atoms with Gasteiger partial charge in [0, 0.05) is 5.69 Å². The first-order valence-electron chi connectivity index (χ1n) is 5.12. The monoisotopic (exact) mass is 265 g/mol. The van der Waals surface area contributed by atoms with Crippen LogP contribution in [0.25, 0.3) is 0 Å². The Kier molecular flexibility index (Phi) is 3.48. The van der Waals surface area contributed by atoms with Crippen molar-refractivity contribution in [2.75, 3.05) is 5.32 Å². The van der Waals surface area contributed by atoms with Gasteiger partial charge in [-0.3, -0.25) is 0 Å². The zero-order valence-corrected chi connectivity index (χ0v) is 9.91. The van der Waals surface area contributed by atoms with Crippen LogP contribution in [0.15, 0.2) is 42.5 Å². The fraction of sp³-hybridized carbons (Fsp3) is 0. The van der Waals surface area contributed by atoms with Gasteiger partial charge in [0.25, 0.3) is 0 Å². The Hall–Kier alpha value is -2.07. The van der Waals surface area contributed by atoms with Gasteiger partial charge in [0.15, 0.2) is 0 Å². The molecule has 2 N–H and O–H groups in total. The average molecular weight is 266 g/mol. The van der Waals surface area contributed by atoms with E-state index in [1.807, 2.05) is 0 Å². The van der Waals surface area contributed by atoms with E-state index in [2.05, 4.69) is 5.32 Å². The number of carbonyl (C=O) groups is 1. The number of carboxylic acid groups (broad SMARTS) is 1. The third-order valence-corrected chi connectivity index (χ3v) is 2.67. The van der Waals surface area contributed by atoms with Crippen LogP contribution in [0.5, 0.6) is 0 Å². The Morgan fingerprint density at radius 1 is 1.17 bits per heavy atom. The molecular formula is C13H9ClFNO2. The number of rotatable bonds is 3. The fourth-order valence-corrected chi connectivity index (χ4v) is 1.61. The number of carboxylic acids is 1. The van der Waals surface area contributed by atoms with E-state index in [9.17, 15) is 9.18 Å². The number of hydrogen-bond donors (Lipinski definition) is 2. The summed E-state index contributed by atoms with van der Waals surface area (Å²) < 4.78 is 12.7. The van der Waals surface area contributed by atoms with Gasteiger partial charge in [-0.05, 0) is 42.5 Å². The lowest BCUT2D eigenvalue weighted by molar-refractivity contribution is 0.0697. The first-order chi connectivity index (χ1) is 8.56. The number of aromatic carboxylic acids is 1. The number of benzene rings is 2. The number of anilines is 2. The maximum Gasteiger partial charge on any atom is 0.335 e. The van der Waals surface area contributed by atoms with Crippen LogP contribution in [0, 0.1) is 5.82 Å². The summed E-state index contributed by atoms with van der Waals surface area (Å²) in [7, 11) is 0. The Morgan fingerprint density at radius 3 is 2.44 bits per heavy atom. The van der Waals surface area contributed by atoms with Gasteiger partial charge < -0.3 is 10.4 Å². The van der Waals surface area contributed by atoms with Crippen LogP contribution >= 0.6 is 11.6 Å². The summed E-state index contributed by atoms with van der Waals surface area (Å²) >= 11 is 5.95. The maximum atomic E-state index is 12.7. The van der Waals surface area contributed by atoms with Crippen LogP contribution in [-0.4, -0.2) is 11.1 Å². The summed E-state index contributed by atoms with van der Waals surface area (Å²) in [6.45, 7) is 0. The van der Waals surface area contributed by atoms with Crippen molar-refractivity contribution in [3.8, 4) is 0 Å². The molecule has 2 aromatic carbocycles. The molecule has 0 fully saturated rings. The second kappa shape index (κ2) is 5.06. The molecule has 0 unspecified atom stereocenters. The molecule has 0 aliphatic carbocycles. The van der Waals surface area contributed by atoms with Crippen molar-refractivity contribution in [3.63, 3.8) is 0 Å². The van der Waals surface area contributed by atoms with Crippen LogP contribution in [0.1, 0.15) is 10.4 Å². The Balaban J connectivity index is 2.30. The lowest BCUT2D eigenvalue weighted by atomic mass is 10.2. The zero-order valence-electron chi connectivity index (χ0n) is 9.15. The Bertz CT molecular complexity index is 584. The molecule has 0 radical (unpaired) electrons. The molecule has 0 aliphatic rings. The highest BCUT2D eigenvalue weighted by Gasteiger charge is 2.07. The molecule has 0 saturated carbocycles. The van der Waals surface area contributed by atoms with Gasteiger partial charge in [-0.15, -0.1) is 0 Å². The van der Waals surface area contributed by atoms with Crippen LogP contribution in [0.2, 0.25) is 5.02 Å². The van der Waals surface area contributed by atoms with Crippen molar-refractivity contribution >= 4 is 28.9 Å². The van der Waals surface area contributed by atoms with E-state index in [0.29, 0.717) is 16.4 Å². The van der Waals surface area contributed by atoms with E-state index in [0.717, 1.165) is 0 Å². The molecule has 2 aromatic rings. The quantitative estimate of drug-likeness (QED) is 0.884. The predicted molar refractivity (Wildman–Crippen MR) is 68.1 cm³/mol. The van der Waals surface area contributed by atoms with Crippen LogP contribution < -0.4 is 5.32 Å². The molecule has 5 heteroatoms. The van der Waals surface area contributed by atoms with Crippen molar-refractivity contribution < 1.29 is 14.3 Å². The zero-order chi connectivity index (χ0) is 13.1. The molecule has 0 bridgehead atoms. The summed E-state index contributed by atoms with van der Waals surface area (Å²) in [6.07, 6.45) is 0. The third-order valence-electron chi connectivity index (χ3n) is 2.34. The SMILES string of the molecule is O=C(O)c1ccc(Cl)c(Nc2ccc(F)cc2)c1. The van der Waals surface area contributed by atoms with E-state index < -0.39 is 5.97 Å². The highest BCUT2D eigenvalue weighted by atomic mass is 35.5. The van der Waals surface area contributed by atoms with E-state index in [-0.39, 0.29) is 11.4 Å². The van der Waals surface area contributed by atoms with Gasteiger partial charge in [0.2, 0.25) is 0 Å². The van der Waals surface area contributed by atoms with Crippen LogP contribution in [0.4, 0.5) is 15.8 Å². The standard InChI is InChI=1S/C13H9ClFNO2/c14-11-6-1-8(13(17)18)7-12(11)16-10-4-2-9(15)3-5-10/h1-7,16H,(H,17,18). The highest BCUT2D eigenvalue weighted by molar-refractivity contribution is 6.33. The minimum absolute atomic E-state index is 0.129. The first-order valence-corrected chi connectivity index (χ1v) is 5.49. The molecule has 0 aliphatic heterocycles. The van der Waals surface area contributed by atoms with E-state index in [4.69, 9.17) is 16.7 Å². The predicted octanol–water partition coefficient (Wildman–Crippen LogP) is 3.92. The van der Waals surface area contributed by atoms with Crippen molar-refractivity contribution in [2.24, 2.45) is 0 Å². The number of halogens is 2. The van der Waals surface area contributed by atoms with Gasteiger partial charge >= 0.3 is 5.97 Å². The molecule has 0 spiro atoms. The topological polar surface area (TPSA) is 49.3 Å². The van der Waals surface area contributed by atoms with E-state index >= 15 is 0 Å². The first kappa shape index (κ1) is 12.4. The number of hydrogen-bond acceptors (Lipinski definition) is 2. The molecule has 3 nitrogen and oxygen atoms in total. The molecule has 18 heavy (non-hydrogen) atoms. The van der Waals surface area contributed by atoms with Crippen molar-refractivity contribution in [2.45, 2.75) is 0 Å². The second-order valence-electron chi connectivity index (χ2n) is 3.63. The van der Waals surface area contributed by atoms with E-state index in [1.165, 1.54) is 30.3 Å².